The zero-order chi connectivity index (χ0) is 16.0. The number of fused-ring (bicyclic) bond motifs is 4. The summed E-state index contributed by atoms with van der Waals surface area (Å²) in [5.41, 5.74) is 3.78. The topological polar surface area (TPSA) is 26.3 Å². The molecule has 2 nitrogen and oxygen atoms in total. The van der Waals surface area contributed by atoms with E-state index in [1.807, 2.05) is 6.92 Å². The fraction of sp³-hybridized carbons (Fsp3) is 0.762. The van der Waals surface area contributed by atoms with Crippen molar-refractivity contribution in [2.75, 3.05) is 0 Å². The Morgan fingerprint density at radius 3 is 2.87 bits per heavy atom. The predicted molar refractivity (Wildman–Crippen MR) is 91.9 cm³/mol. The largest absolute Gasteiger partial charge is 0.462 e. The second-order valence-corrected chi connectivity index (χ2v) is 8.38. The summed E-state index contributed by atoms with van der Waals surface area (Å²) in [7, 11) is 0. The summed E-state index contributed by atoms with van der Waals surface area (Å²) < 4.78 is 5.86. The lowest BCUT2D eigenvalue weighted by Gasteiger charge is -2.51. The minimum absolute atomic E-state index is 0.00921. The molecule has 0 aliphatic heterocycles. The SMILES string of the molecule is CCC(=O)O[C@H]1CC[C@H]2[C@@H]3CCC4=C(CC=CC4)[C@H]3CC[C@]12C. The Bertz CT molecular complexity index is 558. The van der Waals surface area contributed by atoms with Gasteiger partial charge in [0.05, 0.1) is 0 Å². The Morgan fingerprint density at radius 2 is 2.04 bits per heavy atom. The Hall–Kier alpha value is -1.05. The number of esters is 1. The van der Waals surface area contributed by atoms with Gasteiger partial charge in [-0.2, -0.15) is 0 Å². The summed E-state index contributed by atoms with van der Waals surface area (Å²) in [6, 6.07) is 0. The fourth-order valence-corrected chi connectivity index (χ4v) is 6.24. The first kappa shape index (κ1) is 15.5. The molecule has 2 heteroatoms. The van der Waals surface area contributed by atoms with Gasteiger partial charge in [-0.3, -0.25) is 4.79 Å². The molecule has 0 aromatic carbocycles. The number of hydrogen-bond donors (Lipinski definition) is 0. The van der Waals surface area contributed by atoms with Crippen LogP contribution in [0.4, 0.5) is 0 Å². The maximum Gasteiger partial charge on any atom is 0.305 e. The van der Waals surface area contributed by atoms with E-state index in [0.29, 0.717) is 6.42 Å². The smallest absolute Gasteiger partial charge is 0.305 e. The lowest BCUT2D eigenvalue weighted by atomic mass is 9.54. The van der Waals surface area contributed by atoms with Crippen LogP contribution < -0.4 is 0 Å². The van der Waals surface area contributed by atoms with Crippen molar-refractivity contribution in [3.8, 4) is 0 Å². The van der Waals surface area contributed by atoms with Gasteiger partial charge in [-0.15, -0.1) is 0 Å². The van der Waals surface area contributed by atoms with Crippen LogP contribution in [0.5, 0.6) is 0 Å². The second-order valence-electron chi connectivity index (χ2n) is 8.38. The van der Waals surface area contributed by atoms with E-state index >= 15 is 0 Å². The van der Waals surface area contributed by atoms with Gasteiger partial charge in [-0.25, -0.2) is 0 Å². The van der Waals surface area contributed by atoms with E-state index < -0.39 is 0 Å². The molecular weight excluding hydrogens is 284 g/mol. The zero-order valence-corrected chi connectivity index (χ0v) is 14.6. The van der Waals surface area contributed by atoms with Gasteiger partial charge in [0.25, 0.3) is 0 Å². The van der Waals surface area contributed by atoms with Gasteiger partial charge in [0, 0.05) is 11.8 Å². The van der Waals surface area contributed by atoms with Crippen LogP contribution in [0.25, 0.3) is 0 Å². The normalized spacial score (nSPS) is 42.0. The third kappa shape index (κ3) is 2.40. The molecule has 0 aromatic rings. The van der Waals surface area contributed by atoms with Crippen LogP contribution in [0.1, 0.15) is 71.6 Å². The molecule has 0 heterocycles. The van der Waals surface area contributed by atoms with Crippen LogP contribution in [-0.2, 0) is 9.53 Å². The van der Waals surface area contributed by atoms with Crippen LogP contribution in [0, 0.1) is 23.2 Å². The van der Waals surface area contributed by atoms with Gasteiger partial charge in [0.1, 0.15) is 6.10 Å². The Kier molecular flexibility index (Phi) is 3.90. The van der Waals surface area contributed by atoms with Crippen molar-refractivity contribution < 1.29 is 9.53 Å². The van der Waals surface area contributed by atoms with Crippen LogP contribution in [0.15, 0.2) is 23.3 Å². The van der Waals surface area contributed by atoms with E-state index in [-0.39, 0.29) is 17.5 Å². The molecule has 0 amide bonds. The second kappa shape index (κ2) is 5.79. The molecule has 126 valence electrons. The summed E-state index contributed by atoms with van der Waals surface area (Å²) in [4.78, 5) is 11.8. The molecule has 4 aliphatic rings. The van der Waals surface area contributed by atoms with Crippen LogP contribution in [0.3, 0.4) is 0 Å². The molecule has 0 bridgehead atoms. The zero-order valence-electron chi connectivity index (χ0n) is 14.6. The summed E-state index contributed by atoms with van der Waals surface area (Å²) in [6.07, 6.45) is 15.4. The van der Waals surface area contributed by atoms with E-state index in [0.717, 1.165) is 24.2 Å². The Morgan fingerprint density at radius 1 is 1.22 bits per heavy atom. The Balaban J connectivity index is 1.56. The molecule has 2 fully saturated rings. The lowest BCUT2D eigenvalue weighted by Crippen LogP contribution is -2.46. The van der Waals surface area contributed by atoms with Gasteiger partial charge >= 0.3 is 5.97 Å². The average molecular weight is 314 g/mol. The Labute approximate surface area is 140 Å². The molecule has 0 unspecified atom stereocenters. The first-order valence-electron chi connectivity index (χ1n) is 9.68. The molecular formula is C21H30O2. The highest BCUT2D eigenvalue weighted by molar-refractivity contribution is 5.69. The lowest BCUT2D eigenvalue weighted by molar-refractivity contribution is -0.157. The average Bonchev–Trinajstić information content (AvgIpc) is 2.91. The molecule has 5 atom stereocenters. The van der Waals surface area contributed by atoms with Crippen molar-refractivity contribution in [3.63, 3.8) is 0 Å². The van der Waals surface area contributed by atoms with E-state index in [1.54, 1.807) is 11.1 Å². The van der Waals surface area contributed by atoms with Crippen LogP contribution >= 0.6 is 0 Å². The van der Waals surface area contributed by atoms with Gasteiger partial charge in [0.15, 0.2) is 0 Å². The number of rotatable bonds is 2. The van der Waals surface area contributed by atoms with Crippen molar-refractivity contribution in [3.05, 3.63) is 23.3 Å². The van der Waals surface area contributed by atoms with Crippen LogP contribution in [-0.4, -0.2) is 12.1 Å². The van der Waals surface area contributed by atoms with Crippen molar-refractivity contribution in [1.82, 2.24) is 0 Å². The summed E-state index contributed by atoms with van der Waals surface area (Å²) in [6.45, 7) is 4.32. The molecule has 0 radical (unpaired) electrons. The number of ether oxygens (including phenoxy) is 1. The third-order valence-electron chi connectivity index (χ3n) is 7.46. The van der Waals surface area contributed by atoms with E-state index in [2.05, 4.69) is 19.1 Å². The van der Waals surface area contributed by atoms with Gasteiger partial charge in [-0.05, 0) is 69.1 Å². The minimum atomic E-state index is -0.00921. The monoisotopic (exact) mass is 314 g/mol. The molecule has 23 heavy (non-hydrogen) atoms. The molecule has 0 saturated heterocycles. The number of hydrogen-bond acceptors (Lipinski definition) is 2. The quantitative estimate of drug-likeness (QED) is 0.518. The van der Waals surface area contributed by atoms with E-state index in [9.17, 15) is 4.79 Å². The maximum absolute atomic E-state index is 11.8. The standard InChI is InChI=1S/C21H30O2/c1-3-20(22)23-19-11-10-18-17-9-8-14-6-4-5-7-15(14)16(17)12-13-21(18,19)2/h4-5,16-19H,3,6-13H2,1-2H3/t16-,17-,18+,19+,21+/m1/s1. The summed E-state index contributed by atoms with van der Waals surface area (Å²) in [5.74, 6) is 2.41. The third-order valence-corrected chi connectivity index (χ3v) is 7.46. The van der Waals surface area contributed by atoms with Gasteiger partial charge in [-0.1, -0.05) is 37.1 Å². The molecule has 0 N–H and O–H groups in total. The molecule has 2 saturated carbocycles. The molecule has 0 spiro atoms. The minimum Gasteiger partial charge on any atom is -0.462 e. The van der Waals surface area contributed by atoms with Crippen molar-refractivity contribution in [2.24, 2.45) is 23.2 Å². The highest BCUT2D eigenvalue weighted by atomic mass is 16.5. The number of carbonyl (C=O) groups is 1. The first-order valence-corrected chi connectivity index (χ1v) is 9.68. The van der Waals surface area contributed by atoms with Gasteiger partial charge in [0.2, 0.25) is 0 Å². The highest BCUT2D eigenvalue weighted by Crippen LogP contribution is 2.61. The van der Waals surface area contributed by atoms with Crippen molar-refractivity contribution >= 4 is 5.97 Å². The molecule has 0 aromatic heterocycles. The van der Waals surface area contributed by atoms with Crippen molar-refractivity contribution in [2.45, 2.75) is 77.7 Å². The summed E-state index contributed by atoms with van der Waals surface area (Å²) in [5, 5.41) is 0. The number of carbonyl (C=O) groups excluding carboxylic acids is 1. The highest BCUT2D eigenvalue weighted by Gasteiger charge is 2.56. The van der Waals surface area contributed by atoms with Crippen LogP contribution in [0.2, 0.25) is 0 Å². The first-order chi connectivity index (χ1) is 11.1. The summed E-state index contributed by atoms with van der Waals surface area (Å²) >= 11 is 0. The predicted octanol–water partition coefficient (Wildman–Crippen LogP) is 5.19. The van der Waals surface area contributed by atoms with Crippen molar-refractivity contribution in [1.29, 1.82) is 0 Å². The number of allylic oxidation sites excluding steroid dienone is 4. The molecule has 4 rings (SSSR count). The molecule has 4 aliphatic carbocycles. The maximum atomic E-state index is 11.8. The fourth-order valence-electron chi connectivity index (χ4n) is 6.24. The van der Waals surface area contributed by atoms with E-state index in [4.69, 9.17) is 4.74 Å². The van der Waals surface area contributed by atoms with Gasteiger partial charge < -0.3 is 4.74 Å². The van der Waals surface area contributed by atoms with E-state index in [1.165, 1.54) is 44.9 Å².